The summed E-state index contributed by atoms with van der Waals surface area (Å²) < 4.78 is 1.81. The molecule has 2 amide bonds. The Morgan fingerprint density at radius 1 is 1.10 bits per heavy atom. The fraction of sp³-hybridized carbons (Fsp3) is 0.467. The fourth-order valence-electron chi connectivity index (χ4n) is 4.70. The molecule has 3 unspecified atom stereocenters. The van der Waals surface area contributed by atoms with Crippen LogP contribution in [0, 0.1) is 5.92 Å². The maximum absolute atomic E-state index is 13.2. The number of thioether (sulfide) groups is 1. The van der Waals surface area contributed by atoms with E-state index in [1.807, 2.05) is 53.2 Å². The van der Waals surface area contributed by atoms with Crippen LogP contribution in [0.3, 0.4) is 0 Å². The zero-order valence-electron chi connectivity index (χ0n) is 23.8. The molecule has 1 aromatic heterocycles. The van der Waals surface area contributed by atoms with E-state index in [0.717, 1.165) is 22.8 Å². The molecule has 0 spiro atoms. The van der Waals surface area contributed by atoms with Gasteiger partial charge in [0.05, 0.1) is 25.0 Å². The van der Waals surface area contributed by atoms with Crippen LogP contribution in [0.15, 0.2) is 55.0 Å². The lowest BCUT2D eigenvalue weighted by atomic mass is 9.97. The molecule has 216 valence electrons. The van der Waals surface area contributed by atoms with Crippen LogP contribution >= 0.6 is 11.8 Å². The Morgan fingerprint density at radius 3 is 2.52 bits per heavy atom. The van der Waals surface area contributed by atoms with Crippen molar-refractivity contribution in [3.05, 3.63) is 66.2 Å². The van der Waals surface area contributed by atoms with Gasteiger partial charge in [0.2, 0.25) is 11.8 Å². The topological polar surface area (TPSA) is 117 Å². The number of carboxylic acid groups (broad SMARTS) is 1. The largest absolute Gasteiger partial charge is 0.480 e. The van der Waals surface area contributed by atoms with Gasteiger partial charge in [0.15, 0.2) is 0 Å². The third-order valence-electron chi connectivity index (χ3n) is 7.12. The molecule has 3 rings (SSSR count). The van der Waals surface area contributed by atoms with Gasteiger partial charge in [-0.05, 0) is 40.7 Å². The lowest BCUT2D eigenvalue weighted by molar-refractivity contribution is -0.142. The highest BCUT2D eigenvalue weighted by atomic mass is 32.2. The molecule has 0 saturated carbocycles. The van der Waals surface area contributed by atoms with Crippen molar-refractivity contribution in [2.24, 2.45) is 13.0 Å². The van der Waals surface area contributed by atoms with Gasteiger partial charge in [-0.25, -0.2) is 9.78 Å². The SMILES string of the molecule is CCC(C)C(CN(CC(=O)NC(CCSC)C(=O)O)Cc1cccc2ccccc12)NC(=O)Cc1cn(C)cn1. The zero-order chi connectivity index (χ0) is 29.1. The number of carbonyl (C=O) groups excluding carboxylic acids is 2. The molecule has 0 fully saturated rings. The van der Waals surface area contributed by atoms with E-state index >= 15 is 0 Å². The standard InChI is InChI=1S/C30H41N5O4S/c1-5-21(2)27(33-28(36)15-24-17-34(3)20-31-24)18-35(19-29(37)32-26(30(38)39)13-14-40-4)16-23-11-8-10-22-9-6-7-12-25(22)23/h6-12,17,20-21,26-27H,5,13-16,18-19H2,1-4H3,(H,32,37)(H,33,36)(H,38,39). The zero-order valence-corrected chi connectivity index (χ0v) is 24.6. The molecule has 10 heteroatoms. The van der Waals surface area contributed by atoms with E-state index in [0.29, 0.717) is 31.0 Å². The highest BCUT2D eigenvalue weighted by Crippen LogP contribution is 2.21. The van der Waals surface area contributed by atoms with Crippen molar-refractivity contribution in [1.82, 2.24) is 25.1 Å². The smallest absolute Gasteiger partial charge is 0.326 e. The van der Waals surface area contributed by atoms with E-state index in [4.69, 9.17) is 0 Å². The van der Waals surface area contributed by atoms with Crippen molar-refractivity contribution < 1.29 is 19.5 Å². The number of aryl methyl sites for hydroxylation is 1. The quantitative estimate of drug-likeness (QED) is 0.243. The van der Waals surface area contributed by atoms with Crippen molar-refractivity contribution in [1.29, 1.82) is 0 Å². The summed E-state index contributed by atoms with van der Waals surface area (Å²) in [5, 5.41) is 17.7. The monoisotopic (exact) mass is 567 g/mol. The molecule has 1 heterocycles. The fourth-order valence-corrected chi connectivity index (χ4v) is 5.17. The van der Waals surface area contributed by atoms with E-state index in [-0.39, 0.29) is 36.7 Å². The number of nitrogens with one attached hydrogen (secondary N) is 2. The van der Waals surface area contributed by atoms with Crippen LogP contribution in [0.25, 0.3) is 10.8 Å². The number of benzene rings is 2. The molecule has 0 aliphatic rings. The first-order valence-electron chi connectivity index (χ1n) is 13.7. The Balaban J connectivity index is 1.82. The van der Waals surface area contributed by atoms with E-state index < -0.39 is 12.0 Å². The van der Waals surface area contributed by atoms with Crippen LogP contribution in [0.2, 0.25) is 0 Å². The van der Waals surface area contributed by atoms with Gasteiger partial charge in [0.1, 0.15) is 6.04 Å². The van der Waals surface area contributed by atoms with Crippen molar-refractivity contribution in [2.45, 2.75) is 51.7 Å². The second-order valence-corrected chi connectivity index (χ2v) is 11.3. The van der Waals surface area contributed by atoms with Gasteiger partial charge < -0.3 is 20.3 Å². The molecular formula is C30H41N5O4S. The predicted octanol–water partition coefficient (Wildman–Crippen LogP) is 3.47. The second-order valence-electron chi connectivity index (χ2n) is 10.3. The minimum absolute atomic E-state index is 0.00924. The van der Waals surface area contributed by atoms with E-state index in [9.17, 15) is 19.5 Å². The summed E-state index contributed by atoms with van der Waals surface area (Å²) in [5.74, 6) is -0.727. The van der Waals surface area contributed by atoms with Gasteiger partial charge in [0.25, 0.3) is 0 Å². The second kappa shape index (κ2) is 15.4. The van der Waals surface area contributed by atoms with Gasteiger partial charge in [-0.2, -0.15) is 11.8 Å². The van der Waals surface area contributed by atoms with E-state index in [1.165, 1.54) is 0 Å². The molecule has 3 aromatic rings. The van der Waals surface area contributed by atoms with E-state index in [1.54, 1.807) is 18.1 Å². The van der Waals surface area contributed by atoms with Gasteiger partial charge in [-0.1, -0.05) is 62.7 Å². The summed E-state index contributed by atoms with van der Waals surface area (Å²) in [5.41, 5.74) is 1.76. The molecule has 0 bridgehead atoms. The number of aromatic nitrogens is 2. The number of hydrogen-bond donors (Lipinski definition) is 3. The first-order valence-corrected chi connectivity index (χ1v) is 15.1. The Hall–Kier alpha value is -3.37. The molecule has 0 aliphatic carbocycles. The van der Waals surface area contributed by atoms with Crippen molar-refractivity contribution in [2.75, 3.05) is 25.1 Å². The number of amides is 2. The predicted molar refractivity (Wildman–Crippen MR) is 160 cm³/mol. The number of nitrogens with zero attached hydrogens (tertiary/aromatic N) is 3. The number of carboxylic acids is 1. The Kier molecular flexibility index (Phi) is 12.0. The minimum Gasteiger partial charge on any atom is -0.480 e. The molecule has 0 aliphatic heterocycles. The highest BCUT2D eigenvalue weighted by molar-refractivity contribution is 7.98. The maximum Gasteiger partial charge on any atom is 0.326 e. The normalized spacial score (nSPS) is 13.6. The molecule has 0 saturated heterocycles. The molecule has 3 N–H and O–H groups in total. The van der Waals surface area contributed by atoms with Gasteiger partial charge in [0, 0.05) is 32.4 Å². The van der Waals surface area contributed by atoms with Crippen molar-refractivity contribution in [3.63, 3.8) is 0 Å². The Bertz CT molecular complexity index is 1270. The average molecular weight is 568 g/mol. The van der Waals surface area contributed by atoms with Gasteiger partial charge >= 0.3 is 5.97 Å². The summed E-state index contributed by atoms with van der Waals surface area (Å²) >= 11 is 1.54. The van der Waals surface area contributed by atoms with Crippen LogP contribution in [0.1, 0.15) is 37.9 Å². The number of rotatable bonds is 16. The van der Waals surface area contributed by atoms with Crippen LogP contribution in [-0.2, 0) is 34.4 Å². The van der Waals surface area contributed by atoms with Crippen molar-refractivity contribution >= 4 is 40.3 Å². The van der Waals surface area contributed by atoms with Crippen LogP contribution in [0.4, 0.5) is 0 Å². The number of carbonyl (C=O) groups is 3. The first kappa shape index (κ1) is 31.2. The summed E-state index contributed by atoms with van der Waals surface area (Å²) in [6.45, 7) is 5.08. The molecule has 40 heavy (non-hydrogen) atoms. The number of imidazole rings is 1. The average Bonchev–Trinajstić information content (AvgIpc) is 3.34. The summed E-state index contributed by atoms with van der Waals surface area (Å²) in [4.78, 5) is 44.2. The molecule has 9 nitrogen and oxygen atoms in total. The minimum atomic E-state index is -1.04. The third-order valence-corrected chi connectivity index (χ3v) is 7.76. The van der Waals surface area contributed by atoms with Crippen LogP contribution in [0.5, 0.6) is 0 Å². The first-order chi connectivity index (χ1) is 19.2. The van der Waals surface area contributed by atoms with Gasteiger partial charge in [-0.15, -0.1) is 0 Å². The maximum atomic E-state index is 13.2. The van der Waals surface area contributed by atoms with Crippen LogP contribution < -0.4 is 10.6 Å². The van der Waals surface area contributed by atoms with Gasteiger partial charge in [-0.3, -0.25) is 14.5 Å². The van der Waals surface area contributed by atoms with E-state index in [2.05, 4.69) is 47.7 Å². The van der Waals surface area contributed by atoms with Crippen LogP contribution in [-0.4, -0.2) is 74.5 Å². The summed E-state index contributed by atoms with van der Waals surface area (Å²) in [6, 6.07) is 13.0. The number of fused-ring (bicyclic) bond motifs is 1. The molecule has 2 aromatic carbocycles. The Labute approximate surface area is 240 Å². The van der Waals surface area contributed by atoms with Crippen molar-refractivity contribution in [3.8, 4) is 0 Å². The number of hydrogen-bond acceptors (Lipinski definition) is 6. The third kappa shape index (κ3) is 9.38. The Morgan fingerprint density at radius 2 is 1.85 bits per heavy atom. The molecule has 0 radical (unpaired) electrons. The lowest BCUT2D eigenvalue weighted by Gasteiger charge is -2.31. The molecular weight excluding hydrogens is 526 g/mol. The highest BCUT2D eigenvalue weighted by Gasteiger charge is 2.26. The number of aliphatic carboxylic acids is 1. The molecule has 3 atom stereocenters. The summed E-state index contributed by atoms with van der Waals surface area (Å²) in [7, 11) is 1.86. The summed E-state index contributed by atoms with van der Waals surface area (Å²) in [6.07, 6.45) is 6.77. The lowest BCUT2D eigenvalue weighted by Crippen LogP contribution is -2.51.